The van der Waals surface area contributed by atoms with Crippen LogP contribution in [0.1, 0.15) is 12.5 Å². The number of nitrogens with zero attached hydrogens (tertiary/aromatic N) is 1. The van der Waals surface area contributed by atoms with Crippen LogP contribution in [0, 0.1) is 0 Å². The molecular weight excluding hydrogens is 408 g/mol. The van der Waals surface area contributed by atoms with E-state index in [1.807, 2.05) is 24.3 Å². The van der Waals surface area contributed by atoms with Crippen LogP contribution in [0.25, 0.3) is 0 Å². The van der Waals surface area contributed by atoms with Gasteiger partial charge in [0.15, 0.2) is 11.5 Å². The first kappa shape index (κ1) is 23.3. The highest BCUT2D eigenvalue weighted by Crippen LogP contribution is 2.33. The number of benzene rings is 2. The number of methoxy groups -OCH3 is 3. The highest BCUT2D eigenvalue weighted by molar-refractivity contribution is 7.92. The standard InChI is InChI=1S/C21H28N2O6S/c1-15(21(24)22-13-12-16-6-9-18(27-2)10-7-16)23(30(5,25)26)17-8-11-19(28-3)20(14-17)29-4/h6-11,14-15H,12-13H2,1-5H3,(H,22,24)/t15-/m0/s1. The maximum Gasteiger partial charge on any atom is 0.243 e. The molecule has 0 aliphatic rings. The Bertz CT molecular complexity index is 960. The molecule has 0 radical (unpaired) electrons. The van der Waals surface area contributed by atoms with Crippen molar-refractivity contribution in [3.63, 3.8) is 0 Å². The molecule has 0 aliphatic heterocycles. The van der Waals surface area contributed by atoms with Crippen molar-refractivity contribution >= 4 is 21.6 Å². The molecule has 0 saturated carbocycles. The largest absolute Gasteiger partial charge is 0.497 e. The normalized spacial score (nSPS) is 12.0. The van der Waals surface area contributed by atoms with Crippen molar-refractivity contribution in [2.45, 2.75) is 19.4 Å². The topological polar surface area (TPSA) is 94.2 Å². The van der Waals surface area contributed by atoms with Gasteiger partial charge in [0.25, 0.3) is 0 Å². The Hall–Kier alpha value is -2.94. The first-order valence-electron chi connectivity index (χ1n) is 9.33. The fourth-order valence-electron chi connectivity index (χ4n) is 3.04. The Morgan fingerprint density at radius 1 is 1.00 bits per heavy atom. The van der Waals surface area contributed by atoms with Gasteiger partial charge in [0.2, 0.25) is 15.9 Å². The summed E-state index contributed by atoms with van der Waals surface area (Å²) >= 11 is 0. The summed E-state index contributed by atoms with van der Waals surface area (Å²) in [6, 6.07) is 11.3. The van der Waals surface area contributed by atoms with Crippen LogP contribution in [0.5, 0.6) is 17.2 Å². The Kier molecular flexibility index (Phi) is 7.93. The third-order valence-corrected chi connectivity index (χ3v) is 5.82. The number of amides is 1. The minimum Gasteiger partial charge on any atom is -0.497 e. The molecule has 1 atom stereocenters. The molecule has 0 spiro atoms. The SMILES string of the molecule is COc1ccc(CCNC(=O)[C@H](C)N(c2ccc(OC)c(OC)c2)S(C)(=O)=O)cc1. The zero-order valence-electron chi connectivity index (χ0n) is 17.8. The molecular formula is C21H28N2O6S. The van der Waals surface area contributed by atoms with E-state index in [4.69, 9.17) is 14.2 Å². The zero-order valence-corrected chi connectivity index (χ0v) is 18.7. The van der Waals surface area contributed by atoms with Gasteiger partial charge in [-0.2, -0.15) is 0 Å². The quantitative estimate of drug-likeness (QED) is 0.614. The summed E-state index contributed by atoms with van der Waals surface area (Å²) in [6.07, 6.45) is 1.67. The van der Waals surface area contributed by atoms with Crippen LogP contribution in [0.15, 0.2) is 42.5 Å². The number of nitrogens with one attached hydrogen (secondary N) is 1. The maximum absolute atomic E-state index is 12.7. The van der Waals surface area contributed by atoms with Gasteiger partial charge in [-0.25, -0.2) is 8.42 Å². The molecule has 0 heterocycles. The molecule has 0 fully saturated rings. The molecule has 0 saturated heterocycles. The monoisotopic (exact) mass is 436 g/mol. The van der Waals surface area contributed by atoms with E-state index in [9.17, 15) is 13.2 Å². The fraction of sp³-hybridized carbons (Fsp3) is 0.381. The van der Waals surface area contributed by atoms with Crippen molar-refractivity contribution in [2.75, 3.05) is 38.4 Å². The van der Waals surface area contributed by atoms with Gasteiger partial charge in [0, 0.05) is 12.6 Å². The van der Waals surface area contributed by atoms with E-state index in [1.165, 1.54) is 20.3 Å². The number of sulfonamides is 1. The highest BCUT2D eigenvalue weighted by Gasteiger charge is 2.29. The molecule has 2 aromatic carbocycles. The lowest BCUT2D eigenvalue weighted by atomic mass is 10.1. The number of carbonyl (C=O) groups excluding carboxylic acids is 1. The average Bonchev–Trinajstić information content (AvgIpc) is 2.73. The Labute approximate surface area is 177 Å². The van der Waals surface area contributed by atoms with Crippen LogP contribution >= 0.6 is 0 Å². The van der Waals surface area contributed by atoms with Crippen molar-refractivity contribution < 1.29 is 27.4 Å². The minimum absolute atomic E-state index is 0.313. The second-order valence-corrected chi connectivity index (χ2v) is 8.52. The number of rotatable bonds is 10. The molecule has 9 heteroatoms. The van der Waals surface area contributed by atoms with Gasteiger partial charge in [-0.3, -0.25) is 9.10 Å². The molecule has 30 heavy (non-hydrogen) atoms. The van der Waals surface area contributed by atoms with Crippen LogP contribution in [0.2, 0.25) is 0 Å². The van der Waals surface area contributed by atoms with Crippen LogP contribution in [0.3, 0.4) is 0 Å². The second kappa shape index (κ2) is 10.2. The summed E-state index contributed by atoms with van der Waals surface area (Å²) in [5.74, 6) is 1.20. The van der Waals surface area contributed by atoms with Gasteiger partial charge in [0.1, 0.15) is 11.8 Å². The molecule has 0 unspecified atom stereocenters. The summed E-state index contributed by atoms with van der Waals surface area (Å²) in [4.78, 5) is 12.7. The number of hydrogen-bond acceptors (Lipinski definition) is 6. The molecule has 8 nitrogen and oxygen atoms in total. The second-order valence-electron chi connectivity index (χ2n) is 6.66. The van der Waals surface area contributed by atoms with Crippen molar-refractivity contribution in [2.24, 2.45) is 0 Å². The van der Waals surface area contributed by atoms with Crippen molar-refractivity contribution in [3.05, 3.63) is 48.0 Å². The average molecular weight is 437 g/mol. The zero-order chi connectivity index (χ0) is 22.3. The van der Waals surface area contributed by atoms with E-state index in [1.54, 1.807) is 26.2 Å². The lowest BCUT2D eigenvalue weighted by Gasteiger charge is -2.28. The van der Waals surface area contributed by atoms with Crippen LogP contribution in [-0.2, 0) is 21.2 Å². The molecule has 0 aromatic heterocycles. The Morgan fingerprint density at radius 2 is 1.63 bits per heavy atom. The van der Waals surface area contributed by atoms with Gasteiger partial charge < -0.3 is 19.5 Å². The fourth-order valence-corrected chi connectivity index (χ4v) is 4.21. The van der Waals surface area contributed by atoms with Gasteiger partial charge in [-0.1, -0.05) is 12.1 Å². The summed E-state index contributed by atoms with van der Waals surface area (Å²) in [6.45, 7) is 1.92. The predicted octanol–water partition coefficient (Wildman–Crippen LogP) is 2.23. The molecule has 2 rings (SSSR count). The summed E-state index contributed by atoms with van der Waals surface area (Å²) in [7, 11) is 0.821. The molecule has 0 bridgehead atoms. The maximum atomic E-state index is 12.7. The van der Waals surface area contributed by atoms with Crippen LogP contribution in [0.4, 0.5) is 5.69 Å². The van der Waals surface area contributed by atoms with Gasteiger partial charge in [-0.05, 0) is 43.2 Å². The van der Waals surface area contributed by atoms with E-state index < -0.39 is 22.0 Å². The molecule has 1 amide bonds. The molecule has 1 N–H and O–H groups in total. The molecule has 2 aromatic rings. The number of anilines is 1. The van der Waals surface area contributed by atoms with Crippen molar-refractivity contribution in [1.29, 1.82) is 0 Å². The first-order chi connectivity index (χ1) is 14.2. The third kappa shape index (κ3) is 5.79. The van der Waals surface area contributed by atoms with Crippen molar-refractivity contribution in [1.82, 2.24) is 5.32 Å². The Balaban J connectivity index is 2.12. The summed E-state index contributed by atoms with van der Waals surface area (Å²) in [5.41, 5.74) is 1.34. The minimum atomic E-state index is -3.73. The van der Waals surface area contributed by atoms with Gasteiger partial charge in [0.05, 0.1) is 33.3 Å². The lowest BCUT2D eigenvalue weighted by Crippen LogP contribution is -2.48. The van der Waals surface area contributed by atoms with E-state index in [0.717, 1.165) is 21.9 Å². The van der Waals surface area contributed by atoms with Crippen LogP contribution in [-0.4, -0.2) is 54.5 Å². The van der Waals surface area contributed by atoms with Crippen LogP contribution < -0.4 is 23.8 Å². The molecule has 164 valence electrons. The van der Waals surface area contributed by atoms with E-state index >= 15 is 0 Å². The summed E-state index contributed by atoms with van der Waals surface area (Å²) < 4.78 is 41.5. The third-order valence-electron chi connectivity index (χ3n) is 4.58. The number of ether oxygens (including phenoxy) is 3. The van der Waals surface area contributed by atoms with Gasteiger partial charge in [-0.15, -0.1) is 0 Å². The predicted molar refractivity (Wildman–Crippen MR) is 116 cm³/mol. The first-order valence-corrected chi connectivity index (χ1v) is 11.2. The van der Waals surface area contributed by atoms with E-state index in [0.29, 0.717) is 30.2 Å². The number of hydrogen-bond donors (Lipinski definition) is 1. The Morgan fingerprint density at radius 3 is 2.17 bits per heavy atom. The highest BCUT2D eigenvalue weighted by atomic mass is 32.2. The van der Waals surface area contributed by atoms with Gasteiger partial charge >= 0.3 is 0 Å². The van der Waals surface area contributed by atoms with Crippen molar-refractivity contribution in [3.8, 4) is 17.2 Å². The number of carbonyl (C=O) groups is 1. The molecule has 0 aliphatic carbocycles. The lowest BCUT2D eigenvalue weighted by molar-refractivity contribution is -0.121. The summed E-state index contributed by atoms with van der Waals surface area (Å²) in [5, 5.41) is 2.80. The van der Waals surface area contributed by atoms with E-state index in [-0.39, 0.29) is 0 Å². The van der Waals surface area contributed by atoms with E-state index in [2.05, 4.69) is 5.32 Å². The smallest absolute Gasteiger partial charge is 0.243 e.